The van der Waals surface area contributed by atoms with Crippen molar-refractivity contribution >= 4 is 29.5 Å². The summed E-state index contributed by atoms with van der Waals surface area (Å²) in [6, 6.07) is 9.46. The van der Waals surface area contributed by atoms with Crippen molar-refractivity contribution in [2.75, 3.05) is 5.75 Å². The van der Waals surface area contributed by atoms with E-state index in [2.05, 4.69) is 10.3 Å². The normalized spacial score (nSPS) is 23.9. The number of carbonyl (C=O) groups is 2. The van der Waals surface area contributed by atoms with Gasteiger partial charge in [0.25, 0.3) is 0 Å². The maximum atomic E-state index is 11.2. The summed E-state index contributed by atoms with van der Waals surface area (Å²) < 4.78 is 0. The number of hydrogen-bond acceptors (Lipinski definition) is 5. The van der Waals surface area contributed by atoms with Gasteiger partial charge in [-0.25, -0.2) is 0 Å². The van der Waals surface area contributed by atoms with Crippen molar-refractivity contribution in [3.63, 3.8) is 0 Å². The standard InChI is InChI=1S/C13H14N2O2S/c1-9(10-5-3-2-4-6-10)14-13-15-11(8-18-13)12(17)7-16/h2-7,11,13,15H,8H2,1H3. The number of ketones is 1. The fourth-order valence-electron chi connectivity index (χ4n) is 1.71. The number of rotatable bonds is 4. The lowest BCUT2D eigenvalue weighted by Gasteiger charge is -2.08. The van der Waals surface area contributed by atoms with Gasteiger partial charge >= 0.3 is 0 Å². The third-order valence-electron chi connectivity index (χ3n) is 2.73. The highest BCUT2D eigenvalue weighted by Gasteiger charge is 2.28. The van der Waals surface area contributed by atoms with Gasteiger partial charge < -0.3 is 0 Å². The van der Waals surface area contributed by atoms with E-state index in [1.165, 1.54) is 11.8 Å². The van der Waals surface area contributed by atoms with Gasteiger partial charge in [0.15, 0.2) is 6.29 Å². The van der Waals surface area contributed by atoms with Crippen LogP contribution in [0.1, 0.15) is 12.5 Å². The van der Waals surface area contributed by atoms with E-state index in [0.29, 0.717) is 12.0 Å². The van der Waals surface area contributed by atoms with E-state index in [-0.39, 0.29) is 5.50 Å². The lowest BCUT2D eigenvalue weighted by molar-refractivity contribution is -0.130. The molecule has 1 aromatic rings. The third kappa shape index (κ3) is 3.05. The molecular formula is C13H14N2O2S. The molecule has 0 aromatic heterocycles. The molecule has 1 fully saturated rings. The van der Waals surface area contributed by atoms with Crippen LogP contribution in [0, 0.1) is 0 Å². The van der Waals surface area contributed by atoms with Crippen molar-refractivity contribution in [2.24, 2.45) is 4.99 Å². The van der Waals surface area contributed by atoms with Gasteiger partial charge in [0.05, 0.1) is 6.04 Å². The number of hydrogen-bond donors (Lipinski definition) is 1. The molecule has 0 amide bonds. The molecule has 94 valence electrons. The first-order chi connectivity index (χ1) is 8.70. The van der Waals surface area contributed by atoms with E-state index in [1.807, 2.05) is 37.3 Å². The third-order valence-corrected chi connectivity index (χ3v) is 3.81. The Balaban J connectivity index is 2.03. The highest BCUT2D eigenvalue weighted by molar-refractivity contribution is 8.00. The van der Waals surface area contributed by atoms with Crippen molar-refractivity contribution in [2.45, 2.75) is 18.5 Å². The average molecular weight is 262 g/mol. The molecule has 1 aliphatic rings. The Labute approximate surface area is 110 Å². The molecule has 18 heavy (non-hydrogen) atoms. The number of thioether (sulfide) groups is 1. The average Bonchev–Trinajstić information content (AvgIpc) is 2.87. The van der Waals surface area contributed by atoms with E-state index in [4.69, 9.17) is 0 Å². The van der Waals surface area contributed by atoms with Crippen molar-refractivity contribution in [3.8, 4) is 0 Å². The molecule has 2 rings (SSSR count). The van der Waals surface area contributed by atoms with E-state index >= 15 is 0 Å². The number of aliphatic imine (C=N–C) groups is 1. The number of nitrogens with zero attached hydrogens (tertiary/aromatic N) is 1. The fraction of sp³-hybridized carbons (Fsp3) is 0.308. The van der Waals surface area contributed by atoms with E-state index in [1.54, 1.807) is 0 Å². The minimum absolute atomic E-state index is 0.154. The Morgan fingerprint density at radius 3 is 2.83 bits per heavy atom. The summed E-state index contributed by atoms with van der Waals surface area (Å²) in [5.74, 6) is 0.186. The first-order valence-electron chi connectivity index (χ1n) is 5.67. The van der Waals surface area contributed by atoms with Crippen LogP contribution < -0.4 is 5.32 Å². The van der Waals surface area contributed by atoms with Gasteiger partial charge in [-0.2, -0.15) is 0 Å². The van der Waals surface area contributed by atoms with Crippen LogP contribution in [0.15, 0.2) is 35.3 Å². The lowest BCUT2D eigenvalue weighted by atomic mass is 10.1. The molecule has 0 saturated carbocycles. The Morgan fingerprint density at radius 2 is 2.17 bits per heavy atom. The second-order valence-electron chi connectivity index (χ2n) is 4.01. The second-order valence-corrected chi connectivity index (χ2v) is 5.12. The van der Waals surface area contributed by atoms with Crippen molar-refractivity contribution < 1.29 is 9.59 Å². The van der Waals surface area contributed by atoms with E-state index < -0.39 is 11.8 Å². The SMILES string of the molecule is CC(=NC1NC(C(=O)C=O)CS1)c1ccccc1. The highest BCUT2D eigenvalue weighted by atomic mass is 32.2. The van der Waals surface area contributed by atoms with Gasteiger partial charge in [0, 0.05) is 11.5 Å². The molecule has 0 spiro atoms. The quantitative estimate of drug-likeness (QED) is 0.504. The van der Waals surface area contributed by atoms with Crippen LogP contribution in [0.25, 0.3) is 0 Å². The first-order valence-corrected chi connectivity index (χ1v) is 6.72. The predicted molar refractivity (Wildman–Crippen MR) is 72.9 cm³/mol. The predicted octanol–water partition coefficient (Wildman–Crippen LogP) is 1.25. The zero-order valence-electron chi connectivity index (χ0n) is 10.00. The molecule has 1 N–H and O–H groups in total. The minimum Gasteiger partial charge on any atom is -0.295 e. The Hall–Kier alpha value is -1.46. The van der Waals surface area contributed by atoms with Crippen LogP contribution in [-0.2, 0) is 9.59 Å². The number of carbonyl (C=O) groups excluding carboxylic acids is 2. The number of nitrogens with one attached hydrogen (secondary N) is 1. The number of aldehydes is 1. The molecule has 0 radical (unpaired) electrons. The summed E-state index contributed by atoms with van der Waals surface area (Å²) in [6.07, 6.45) is 0.369. The smallest absolute Gasteiger partial charge is 0.212 e. The zero-order chi connectivity index (χ0) is 13.0. The maximum absolute atomic E-state index is 11.2. The van der Waals surface area contributed by atoms with Crippen molar-refractivity contribution in [1.82, 2.24) is 5.32 Å². The molecule has 5 heteroatoms. The van der Waals surface area contributed by atoms with Gasteiger partial charge in [0.1, 0.15) is 5.50 Å². The summed E-state index contributed by atoms with van der Waals surface area (Å²) in [4.78, 5) is 26.1. The molecule has 0 aliphatic carbocycles. The molecule has 0 bridgehead atoms. The van der Waals surface area contributed by atoms with Crippen molar-refractivity contribution in [1.29, 1.82) is 0 Å². The number of Topliss-reactive ketones (excluding diaryl/α,β-unsaturated/α-hetero) is 1. The Morgan fingerprint density at radius 1 is 1.44 bits per heavy atom. The van der Waals surface area contributed by atoms with Gasteiger partial charge in [-0.3, -0.25) is 19.9 Å². The van der Waals surface area contributed by atoms with Gasteiger partial charge in [0.2, 0.25) is 5.78 Å². The molecule has 1 aromatic carbocycles. The van der Waals surface area contributed by atoms with Crippen LogP contribution in [0.2, 0.25) is 0 Å². The maximum Gasteiger partial charge on any atom is 0.212 e. The van der Waals surface area contributed by atoms with Gasteiger partial charge in [-0.05, 0) is 12.5 Å². The monoisotopic (exact) mass is 262 g/mol. The molecule has 1 saturated heterocycles. The van der Waals surface area contributed by atoms with Crippen molar-refractivity contribution in [3.05, 3.63) is 35.9 Å². The molecule has 1 aliphatic heterocycles. The van der Waals surface area contributed by atoms with Crippen LogP contribution in [0.5, 0.6) is 0 Å². The van der Waals surface area contributed by atoms with Gasteiger partial charge in [-0.15, -0.1) is 11.8 Å². The van der Waals surface area contributed by atoms with Gasteiger partial charge in [-0.1, -0.05) is 30.3 Å². The van der Waals surface area contributed by atoms with E-state index in [0.717, 1.165) is 11.3 Å². The zero-order valence-corrected chi connectivity index (χ0v) is 10.8. The minimum atomic E-state index is -0.405. The fourth-order valence-corrected chi connectivity index (χ4v) is 2.83. The van der Waals surface area contributed by atoms with Crippen LogP contribution in [0.4, 0.5) is 0 Å². The molecule has 2 atom stereocenters. The highest BCUT2D eigenvalue weighted by Crippen LogP contribution is 2.20. The molecule has 1 heterocycles. The summed E-state index contributed by atoms with van der Waals surface area (Å²) >= 11 is 1.54. The molecule has 2 unspecified atom stereocenters. The topological polar surface area (TPSA) is 58.5 Å². The summed E-state index contributed by atoms with van der Waals surface area (Å²) in [5.41, 5.74) is 1.82. The Bertz CT molecular complexity index is 473. The molecular weight excluding hydrogens is 248 g/mol. The largest absolute Gasteiger partial charge is 0.295 e. The van der Waals surface area contributed by atoms with Crippen LogP contribution >= 0.6 is 11.8 Å². The lowest BCUT2D eigenvalue weighted by Crippen LogP contribution is -2.37. The first kappa shape index (κ1) is 13.0. The Kier molecular flexibility index (Phi) is 4.28. The second kappa shape index (κ2) is 5.93. The molecule has 4 nitrogen and oxygen atoms in total. The van der Waals surface area contributed by atoms with Crippen LogP contribution in [-0.4, -0.2) is 35.1 Å². The summed E-state index contributed by atoms with van der Waals surface area (Å²) in [5, 5.41) is 3.04. The van der Waals surface area contributed by atoms with Crippen LogP contribution in [0.3, 0.4) is 0 Å². The number of benzene rings is 1. The summed E-state index contributed by atoms with van der Waals surface area (Å²) in [6.45, 7) is 1.94. The van der Waals surface area contributed by atoms with E-state index in [9.17, 15) is 9.59 Å². The summed E-state index contributed by atoms with van der Waals surface area (Å²) in [7, 11) is 0.